The SMILES string of the molecule is CCOc1ccc(Cc2cc(C3SCCCS3)ccc2Cl)cc1. The normalized spacial score (nSPS) is 15.6. The molecule has 1 aliphatic heterocycles. The molecule has 0 radical (unpaired) electrons. The molecule has 2 aromatic carbocycles. The van der Waals surface area contributed by atoms with Gasteiger partial charge in [0.1, 0.15) is 5.75 Å². The Kier molecular flexibility index (Phi) is 6.21. The van der Waals surface area contributed by atoms with Crippen LogP contribution in [0.4, 0.5) is 0 Å². The van der Waals surface area contributed by atoms with E-state index in [1.807, 2.05) is 42.6 Å². The molecule has 23 heavy (non-hydrogen) atoms. The van der Waals surface area contributed by atoms with Gasteiger partial charge in [-0.2, -0.15) is 0 Å². The van der Waals surface area contributed by atoms with E-state index in [-0.39, 0.29) is 0 Å². The molecule has 0 spiro atoms. The molecule has 2 aromatic rings. The summed E-state index contributed by atoms with van der Waals surface area (Å²) in [6, 6.07) is 14.8. The number of hydrogen-bond donors (Lipinski definition) is 0. The number of rotatable bonds is 5. The number of thioether (sulfide) groups is 2. The number of halogens is 1. The summed E-state index contributed by atoms with van der Waals surface area (Å²) >= 11 is 10.5. The highest BCUT2D eigenvalue weighted by atomic mass is 35.5. The van der Waals surface area contributed by atoms with Crippen molar-refractivity contribution in [3.05, 3.63) is 64.2 Å². The van der Waals surface area contributed by atoms with Crippen LogP contribution in [0.25, 0.3) is 0 Å². The van der Waals surface area contributed by atoms with Crippen LogP contribution in [0.15, 0.2) is 42.5 Å². The van der Waals surface area contributed by atoms with Gasteiger partial charge in [-0.25, -0.2) is 0 Å². The lowest BCUT2D eigenvalue weighted by Crippen LogP contribution is -2.01. The zero-order valence-electron chi connectivity index (χ0n) is 13.3. The van der Waals surface area contributed by atoms with Crippen LogP contribution in [0.2, 0.25) is 5.02 Å². The number of ether oxygens (including phenoxy) is 1. The van der Waals surface area contributed by atoms with E-state index in [0.717, 1.165) is 17.2 Å². The van der Waals surface area contributed by atoms with E-state index in [9.17, 15) is 0 Å². The summed E-state index contributed by atoms with van der Waals surface area (Å²) in [6.07, 6.45) is 2.18. The van der Waals surface area contributed by atoms with Crippen LogP contribution in [-0.4, -0.2) is 18.1 Å². The van der Waals surface area contributed by atoms with Crippen LogP contribution < -0.4 is 4.74 Å². The van der Waals surface area contributed by atoms with Gasteiger partial charge in [0.15, 0.2) is 0 Å². The standard InChI is InChI=1S/C19H21ClOS2/c1-2-21-17-7-4-14(5-8-17)12-16-13-15(6-9-18(16)20)19-22-10-3-11-23-19/h4-9,13,19H,2-3,10-12H2,1H3. The molecule has 1 nitrogen and oxygen atoms in total. The first-order valence-electron chi connectivity index (χ1n) is 7.99. The fraction of sp³-hybridized carbons (Fsp3) is 0.368. The predicted octanol–water partition coefficient (Wildman–Crippen LogP) is 6.20. The Hall–Kier alpha value is -0.770. The first kappa shape index (κ1) is 17.1. The largest absolute Gasteiger partial charge is 0.494 e. The Morgan fingerprint density at radius 1 is 1.09 bits per heavy atom. The Balaban J connectivity index is 1.75. The summed E-state index contributed by atoms with van der Waals surface area (Å²) in [5, 5.41) is 0.855. The highest BCUT2D eigenvalue weighted by Crippen LogP contribution is 2.44. The van der Waals surface area contributed by atoms with Crippen LogP contribution in [0.1, 0.15) is 34.6 Å². The molecular weight excluding hydrogens is 344 g/mol. The van der Waals surface area contributed by atoms with Crippen molar-refractivity contribution < 1.29 is 4.74 Å². The van der Waals surface area contributed by atoms with Gasteiger partial charge in [-0.15, -0.1) is 23.5 Å². The Morgan fingerprint density at radius 3 is 2.52 bits per heavy atom. The third-order valence-electron chi connectivity index (χ3n) is 3.80. The lowest BCUT2D eigenvalue weighted by Gasteiger charge is -2.22. The average Bonchev–Trinajstić information content (AvgIpc) is 2.59. The Labute approximate surface area is 152 Å². The minimum Gasteiger partial charge on any atom is -0.494 e. The van der Waals surface area contributed by atoms with Crippen LogP contribution in [0.5, 0.6) is 5.75 Å². The molecule has 1 heterocycles. The predicted molar refractivity (Wildman–Crippen MR) is 104 cm³/mol. The first-order chi connectivity index (χ1) is 11.3. The van der Waals surface area contributed by atoms with E-state index < -0.39 is 0 Å². The molecule has 0 saturated carbocycles. The van der Waals surface area contributed by atoms with Crippen molar-refractivity contribution in [2.45, 2.75) is 24.3 Å². The van der Waals surface area contributed by atoms with Gasteiger partial charge in [-0.3, -0.25) is 0 Å². The van der Waals surface area contributed by atoms with Gasteiger partial charge in [0, 0.05) is 5.02 Å². The van der Waals surface area contributed by atoms with Crippen molar-refractivity contribution in [1.29, 1.82) is 0 Å². The molecule has 122 valence electrons. The molecule has 4 heteroatoms. The van der Waals surface area contributed by atoms with Crippen LogP contribution in [0, 0.1) is 0 Å². The van der Waals surface area contributed by atoms with Crippen LogP contribution >= 0.6 is 35.1 Å². The second-order valence-corrected chi connectivity index (χ2v) is 8.66. The summed E-state index contributed by atoms with van der Waals surface area (Å²) in [4.78, 5) is 0. The second kappa shape index (κ2) is 8.36. The van der Waals surface area contributed by atoms with Crippen molar-refractivity contribution in [2.24, 2.45) is 0 Å². The molecule has 0 amide bonds. The summed E-state index contributed by atoms with van der Waals surface area (Å²) in [6.45, 7) is 2.70. The van der Waals surface area contributed by atoms with Gasteiger partial charge in [0.25, 0.3) is 0 Å². The van der Waals surface area contributed by atoms with Crippen molar-refractivity contribution in [2.75, 3.05) is 18.1 Å². The molecular formula is C19H21ClOS2. The van der Waals surface area contributed by atoms with Gasteiger partial charge in [0.2, 0.25) is 0 Å². The zero-order chi connectivity index (χ0) is 16.1. The van der Waals surface area contributed by atoms with Crippen LogP contribution in [-0.2, 0) is 6.42 Å². The zero-order valence-corrected chi connectivity index (χ0v) is 15.6. The summed E-state index contributed by atoms with van der Waals surface area (Å²) in [5.41, 5.74) is 3.86. The Bertz CT molecular complexity index is 636. The first-order valence-corrected chi connectivity index (χ1v) is 10.5. The summed E-state index contributed by atoms with van der Waals surface area (Å²) < 4.78 is 6.06. The lowest BCUT2D eigenvalue weighted by atomic mass is 10.0. The van der Waals surface area contributed by atoms with E-state index in [1.54, 1.807) is 0 Å². The van der Waals surface area contributed by atoms with Gasteiger partial charge >= 0.3 is 0 Å². The maximum atomic E-state index is 6.43. The Morgan fingerprint density at radius 2 is 1.83 bits per heavy atom. The number of benzene rings is 2. The smallest absolute Gasteiger partial charge is 0.119 e. The third kappa shape index (κ3) is 4.62. The topological polar surface area (TPSA) is 9.23 Å². The third-order valence-corrected chi connectivity index (χ3v) is 7.18. The van der Waals surface area contributed by atoms with Crippen LogP contribution in [0.3, 0.4) is 0 Å². The van der Waals surface area contributed by atoms with E-state index in [2.05, 4.69) is 30.3 Å². The van der Waals surface area contributed by atoms with Crippen molar-refractivity contribution >= 4 is 35.1 Å². The minimum atomic E-state index is 0.556. The lowest BCUT2D eigenvalue weighted by molar-refractivity contribution is 0.340. The van der Waals surface area contributed by atoms with Gasteiger partial charge in [-0.05, 0) is 66.2 Å². The van der Waals surface area contributed by atoms with Gasteiger partial charge in [-0.1, -0.05) is 35.9 Å². The molecule has 0 aromatic heterocycles. The van der Waals surface area contributed by atoms with E-state index in [1.165, 1.54) is 34.6 Å². The maximum Gasteiger partial charge on any atom is 0.119 e. The molecule has 1 saturated heterocycles. The number of hydrogen-bond acceptors (Lipinski definition) is 3. The average molecular weight is 365 g/mol. The highest BCUT2D eigenvalue weighted by molar-refractivity contribution is 8.16. The quantitative estimate of drug-likeness (QED) is 0.625. The molecule has 0 atom stereocenters. The monoisotopic (exact) mass is 364 g/mol. The summed E-state index contributed by atoms with van der Waals surface area (Å²) in [5.74, 6) is 3.44. The maximum absolute atomic E-state index is 6.43. The second-order valence-electron chi connectivity index (χ2n) is 5.53. The van der Waals surface area contributed by atoms with E-state index in [0.29, 0.717) is 11.2 Å². The minimum absolute atomic E-state index is 0.556. The fourth-order valence-corrected chi connectivity index (χ4v) is 5.70. The fourth-order valence-electron chi connectivity index (χ4n) is 2.65. The molecule has 0 aliphatic carbocycles. The molecule has 1 fully saturated rings. The highest BCUT2D eigenvalue weighted by Gasteiger charge is 2.17. The van der Waals surface area contributed by atoms with Gasteiger partial charge < -0.3 is 4.74 Å². The van der Waals surface area contributed by atoms with Crippen molar-refractivity contribution in [1.82, 2.24) is 0 Å². The molecule has 3 rings (SSSR count). The van der Waals surface area contributed by atoms with Crippen molar-refractivity contribution in [3.63, 3.8) is 0 Å². The summed E-state index contributed by atoms with van der Waals surface area (Å²) in [7, 11) is 0. The molecule has 1 aliphatic rings. The van der Waals surface area contributed by atoms with Crippen molar-refractivity contribution in [3.8, 4) is 5.75 Å². The molecule has 0 unspecified atom stereocenters. The van der Waals surface area contributed by atoms with E-state index >= 15 is 0 Å². The molecule has 0 N–H and O–H groups in total. The van der Waals surface area contributed by atoms with Gasteiger partial charge in [0.05, 0.1) is 11.2 Å². The van der Waals surface area contributed by atoms with E-state index in [4.69, 9.17) is 16.3 Å². The molecule has 0 bridgehead atoms.